The first-order chi connectivity index (χ1) is 7.81. The van der Waals surface area contributed by atoms with Crippen LogP contribution in [-0.2, 0) is 19.3 Å². The molecule has 0 aliphatic rings. The zero-order valence-electron chi connectivity index (χ0n) is 10.1. The van der Waals surface area contributed by atoms with E-state index in [0.717, 1.165) is 6.42 Å². The topological polar surface area (TPSA) is 68.8 Å². The van der Waals surface area contributed by atoms with Crippen LogP contribution in [0.2, 0.25) is 0 Å². The molecule has 0 aliphatic heterocycles. The molecule has 96 valence electrons. The van der Waals surface area contributed by atoms with Gasteiger partial charge in [-0.1, -0.05) is 6.92 Å². The highest BCUT2D eigenvalue weighted by Gasteiger charge is 1.96. The summed E-state index contributed by atoms with van der Waals surface area (Å²) in [5.41, 5.74) is 0. The first-order valence-electron chi connectivity index (χ1n) is 5.60. The van der Waals surface area contributed by atoms with Crippen LogP contribution in [0, 0.1) is 0 Å². The largest absolute Gasteiger partial charge is 0.379 e. The predicted molar refractivity (Wildman–Crippen MR) is 59.5 cm³/mol. The summed E-state index contributed by atoms with van der Waals surface area (Å²) in [6, 6.07) is 0. The molecule has 0 aromatic rings. The van der Waals surface area contributed by atoms with Crippen LogP contribution in [0.15, 0.2) is 0 Å². The maximum Gasteiger partial charge on any atom is 0.220 e. The number of carbonyl (C=O) groups is 1. The first kappa shape index (κ1) is 15.3. The third-order valence-electron chi connectivity index (χ3n) is 1.65. The lowest BCUT2D eigenvalue weighted by molar-refractivity contribution is -0.303. The second-order valence-corrected chi connectivity index (χ2v) is 3.06. The van der Waals surface area contributed by atoms with Crippen molar-refractivity contribution in [2.45, 2.75) is 26.7 Å². The van der Waals surface area contributed by atoms with E-state index in [-0.39, 0.29) is 12.6 Å². The van der Waals surface area contributed by atoms with Crippen LogP contribution in [0.3, 0.4) is 0 Å². The maximum atomic E-state index is 11.0. The number of amides is 1. The summed E-state index contributed by atoms with van der Waals surface area (Å²) in [5, 5.41) is 5.53. The van der Waals surface area contributed by atoms with Gasteiger partial charge < -0.3 is 10.1 Å². The summed E-state index contributed by atoms with van der Waals surface area (Å²) in [5.74, 6) is 0.0345. The highest BCUT2D eigenvalue weighted by molar-refractivity contribution is 5.75. The van der Waals surface area contributed by atoms with Crippen LogP contribution in [0.1, 0.15) is 26.7 Å². The van der Waals surface area contributed by atoms with E-state index in [2.05, 4.69) is 10.6 Å². The number of carbonyl (C=O) groups excluding carboxylic acids is 1. The van der Waals surface area contributed by atoms with Crippen LogP contribution in [0.4, 0.5) is 0 Å². The van der Waals surface area contributed by atoms with Gasteiger partial charge in [0.05, 0.1) is 13.3 Å². The molecule has 0 heterocycles. The van der Waals surface area contributed by atoms with Gasteiger partial charge >= 0.3 is 0 Å². The highest BCUT2D eigenvalue weighted by atomic mass is 17.2. The summed E-state index contributed by atoms with van der Waals surface area (Å²) >= 11 is 0. The van der Waals surface area contributed by atoms with Gasteiger partial charge in [-0.3, -0.25) is 10.1 Å². The van der Waals surface area contributed by atoms with Gasteiger partial charge in [-0.25, -0.2) is 9.78 Å². The quantitative estimate of drug-likeness (QED) is 0.234. The molecule has 6 heteroatoms. The second-order valence-electron chi connectivity index (χ2n) is 3.06. The molecule has 0 aromatic heterocycles. The summed E-state index contributed by atoms with van der Waals surface area (Å²) in [4.78, 5) is 20.6. The van der Waals surface area contributed by atoms with E-state index in [9.17, 15) is 4.79 Å². The minimum atomic E-state index is 0.0345. The van der Waals surface area contributed by atoms with Crippen LogP contribution in [0.25, 0.3) is 0 Å². The number of ether oxygens (including phenoxy) is 1. The van der Waals surface area contributed by atoms with Gasteiger partial charge in [-0.15, -0.1) is 0 Å². The molecule has 0 spiro atoms. The van der Waals surface area contributed by atoms with E-state index in [1.807, 2.05) is 13.8 Å². The third-order valence-corrected chi connectivity index (χ3v) is 1.65. The molecule has 0 rings (SSSR count). The Morgan fingerprint density at radius 2 is 2.00 bits per heavy atom. The summed E-state index contributed by atoms with van der Waals surface area (Å²) in [6.07, 6.45) is 1.40. The normalized spacial score (nSPS) is 10.4. The molecule has 0 aliphatic carbocycles. The van der Waals surface area contributed by atoms with Crippen LogP contribution in [-0.4, -0.2) is 39.1 Å². The van der Waals surface area contributed by atoms with Gasteiger partial charge in [0.1, 0.15) is 13.3 Å². The molecule has 2 N–H and O–H groups in total. The molecular weight excluding hydrogens is 212 g/mol. The Bertz CT molecular complexity index is 167. The van der Waals surface area contributed by atoms with Gasteiger partial charge in [0.25, 0.3) is 0 Å². The number of rotatable bonds is 11. The van der Waals surface area contributed by atoms with Crippen molar-refractivity contribution in [1.29, 1.82) is 0 Å². The van der Waals surface area contributed by atoms with Crippen molar-refractivity contribution in [3.8, 4) is 0 Å². The molecule has 0 saturated carbocycles. The Balaban J connectivity index is 3.01. The average molecular weight is 234 g/mol. The Morgan fingerprint density at radius 1 is 1.19 bits per heavy atom. The average Bonchev–Trinajstić information content (AvgIpc) is 2.27. The lowest BCUT2D eigenvalue weighted by Gasteiger charge is -2.07. The minimum absolute atomic E-state index is 0.0345. The summed E-state index contributed by atoms with van der Waals surface area (Å²) in [6.45, 7) is 6.09. The fraction of sp³-hybridized carbons (Fsp3) is 0.900. The van der Waals surface area contributed by atoms with E-state index < -0.39 is 0 Å². The fourth-order valence-electron chi connectivity index (χ4n) is 0.907. The zero-order chi connectivity index (χ0) is 12.1. The Labute approximate surface area is 96.6 Å². The van der Waals surface area contributed by atoms with Gasteiger partial charge in [-0.2, -0.15) is 0 Å². The lowest BCUT2D eigenvalue weighted by Crippen LogP contribution is -2.34. The maximum absolute atomic E-state index is 11.0. The molecule has 0 radical (unpaired) electrons. The van der Waals surface area contributed by atoms with Crippen molar-refractivity contribution in [2.24, 2.45) is 0 Å². The van der Waals surface area contributed by atoms with Gasteiger partial charge in [-0.05, 0) is 13.3 Å². The summed E-state index contributed by atoms with van der Waals surface area (Å²) < 4.78 is 5.04. The van der Waals surface area contributed by atoms with Crippen molar-refractivity contribution in [2.75, 3.05) is 33.2 Å². The number of nitrogens with one attached hydrogen (secondary N) is 2. The first-order valence-corrected chi connectivity index (χ1v) is 5.60. The van der Waals surface area contributed by atoms with Crippen LogP contribution in [0.5, 0.6) is 0 Å². The van der Waals surface area contributed by atoms with Gasteiger partial charge in [0.15, 0.2) is 0 Å². The van der Waals surface area contributed by atoms with E-state index in [0.29, 0.717) is 32.9 Å². The Hall–Kier alpha value is -0.690. The van der Waals surface area contributed by atoms with E-state index >= 15 is 0 Å². The van der Waals surface area contributed by atoms with Crippen molar-refractivity contribution in [3.63, 3.8) is 0 Å². The van der Waals surface area contributed by atoms with Crippen LogP contribution >= 0.6 is 0 Å². The van der Waals surface area contributed by atoms with E-state index in [1.165, 1.54) is 0 Å². The minimum Gasteiger partial charge on any atom is -0.379 e. The predicted octanol–water partition coefficient (Wildman–Crippen LogP) is 0.392. The van der Waals surface area contributed by atoms with Crippen molar-refractivity contribution >= 4 is 5.91 Å². The molecule has 1 amide bonds. The zero-order valence-corrected chi connectivity index (χ0v) is 10.1. The monoisotopic (exact) mass is 234 g/mol. The van der Waals surface area contributed by atoms with Gasteiger partial charge in [0.2, 0.25) is 5.91 Å². The van der Waals surface area contributed by atoms with Crippen molar-refractivity contribution < 1.29 is 19.3 Å². The SMILES string of the molecule is CCCC(=O)NCNCOOCCOCC. The molecule has 0 fully saturated rings. The van der Waals surface area contributed by atoms with E-state index in [4.69, 9.17) is 14.5 Å². The number of hydrogen-bond acceptors (Lipinski definition) is 5. The van der Waals surface area contributed by atoms with Gasteiger partial charge in [0, 0.05) is 13.0 Å². The molecule has 0 aromatic carbocycles. The Kier molecular flexibility index (Phi) is 11.8. The molecule has 0 unspecified atom stereocenters. The molecule has 0 atom stereocenters. The van der Waals surface area contributed by atoms with Crippen LogP contribution < -0.4 is 10.6 Å². The summed E-state index contributed by atoms with van der Waals surface area (Å²) in [7, 11) is 0. The Morgan fingerprint density at radius 3 is 2.69 bits per heavy atom. The fourth-order valence-corrected chi connectivity index (χ4v) is 0.907. The van der Waals surface area contributed by atoms with Crippen molar-refractivity contribution in [1.82, 2.24) is 10.6 Å². The van der Waals surface area contributed by atoms with E-state index in [1.54, 1.807) is 0 Å². The molecule has 16 heavy (non-hydrogen) atoms. The smallest absolute Gasteiger partial charge is 0.220 e. The standard InChI is InChI=1S/C10H22N2O4/c1-3-5-10(13)12-8-11-9-16-15-7-6-14-4-2/h11H,3-9H2,1-2H3,(H,12,13). The number of hydrogen-bond donors (Lipinski definition) is 2. The lowest BCUT2D eigenvalue weighted by atomic mass is 10.3. The second kappa shape index (κ2) is 12.4. The molecular formula is C10H22N2O4. The molecule has 0 saturated heterocycles. The highest BCUT2D eigenvalue weighted by Crippen LogP contribution is 1.84. The molecule has 6 nitrogen and oxygen atoms in total. The van der Waals surface area contributed by atoms with Crippen molar-refractivity contribution in [3.05, 3.63) is 0 Å². The third kappa shape index (κ3) is 11.4. The molecule has 0 bridgehead atoms.